The van der Waals surface area contributed by atoms with Crippen LogP contribution in [0.25, 0.3) is 0 Å². The summed E-state index contributed by atoms with van der Waals surface area (Å²) < 4.78 is 0. The summed E-state index contributed by atoms with van der Waals surface area (Å²) >= 11 is 0. The van der Waals surface area contributed by atoms with E-state index in [2.05, 4.69) is 16.9 Å². The van der Waals surface area contributed by atoms with E-state index in [1.165, 1.54) is 11.1 Å². The number of nitrogens with zero attached hydrogens (tertiary/aromatic N) is 1. The van der Waals surface area contributed by atoms with Gasteiger partial charge in [-0.2, -0.15) is 0 Å². The maximum Gasteiger partial charge on any atom is 0.144 e. The molecule has 16 heavy (non-hydrogen) atoms. The van der Waals surface area contributed by atoms with E-state index in [0.29, 0.717) is 5.82 Å². The minimum Gasteiger partial charge on any atom is -0.377 e. The average molecular weight is 216 g/mol. The van der Waals surface area contributed by atoms with Crippen molar-refractivity contribution in [1.29, 1.82) is 0 Å². The van der Waals surface area contributed by atoms with Crippen LogP contribution in [0.5, 0.6) is 0 Å². The largest absolute Gasteiger partial charge is 0.377 e. The van der Waals surface area contributed by atoms with Crippen molar-refractivity contribution in [2.45, 2.75) is 26.4 Å². The van der Waals surface area contributed by atoms with Crippen molar-refractivity contribution in [2.24, 2.45) is 0 Å². The summed E-state index contributed by atoms with van der Waals surface area (Å²) in [4.78, 5) is 7.06. The van der Waals surface area contributed by atoms with Crippen LogP contribution in [0.3, 0.4) is 0 Å². The fourth-order valence-corrected chi connectivity index (χ4v) is 1.71. The maximum atomic E-state index is 10.5. The van der Waals surface area contributed by atoms with Crippen LogP contribution in [-0.2, 0) is 5.60 Å². The normalized spacial score (nSPS) is 14.8. The number of aliphatic hydroxyl groups is 1. The van der Waals surface area contributed by atoms with E-state index in [0.717, 1.165) is 5.56 Å². The van der Waals surface area contributed by atoms with Gasteiger partial charge in [-0.25, -0.2) is 4.98 Å². The molecule has 0 radical (unpaired) electrons. The third-order valence-electron chi connectivity index (χ3n) is 3.03. The Morgan fingerprint density at radius 2 is 2.00 bits per heavy atom. The lowest BCUT2D eigenvalue weighted by atomic mass is 9.92. The van der Waals surface area contributed by atoms with Gasteiger partial charge in [0.25, 0.3) is 0 Å². The molecule has 1 heterocycles. The summed E-state index contributed by atoms with van der Waals surface area (Å²) in [5.74, 6) is 0.566. The van der Waals surface area contributed by atoms with Crippen LogP contribution in [0.4, 0.5) is 0 Å². The topological polar surface area (TPSA) is 48.9 Å². The van der Waals surface area contributed by atoms with Crippen molar-refractivity contribution in [3.63, 3.8) is 0 Å². The van der Waals surface area contributed by atoms with Crippen LogP contribution in [0.1, 0.15) is 29.4 Å². The first-order valence-corrected chi connectivity index (χ1v) is 5.32. The molecule has 0 saturated heterocycles. The summed E-state index contributed by atoms with van der Waals surface area (Å²) in [6.07, 6.45) is 3.36. The number of hydrogen-bond donors (Lipinski definition) is 2. The number of rotatable bonds is 2. The SMILES string of the molecule is Cc1ccc([C@](C)(O)c2ncc[nH]2)cc1C. The Hall–Kier alpha value is -1.61. The number of imidazole rings is 1. The quantitative estimate of drug-likeness (QED) is 0.809. The molecule has 0 aliphatic carbocycles. The molecule has 3 nitrogen and oxygen atoms in total. The third kappa shape index (κ3) is 1.74. The molecular weight excluding hydrogens is 200 g/mol. The molecule has 84 valence electrons. The molecule has 0 fully saturated rings. The lowest BCUT2D eigenvalue weighted by Crippen LogP contribution is -2.24. The number of H-pyrrole nitrogens is 1. The second-order valence-electron chi connectivity index (χ2n) is 4.31. The van der Waals surface area contributed by atoms with Gasteiger partial charge in [0.1, 0.15) is 11.4 Å². The molecule has 1 aromatic carbocycles. The number of aromatic amines is 1. The Bertz CT molecular complexity index is 487. The summed E-state index contributed by atoms with van der Waals surface area (Å²) in [5, 5.41) is 10.5. The second kappa shape index (κ2) is 3.76. The van der Waals surface area contributed by atoms with E-state index in [-0.39, 0.29) is 0 Å². The van der Waals surface area contributed by atoms with Gasteiger partial charge < -0.3 is 10.1 Å². The average Bonchev–Trinajstić information content (AvgIpc) is 2.75. The lowest BCUT2D eigenvalue weighted by Gasteiger charge is -2.22. The maximum absolute atomic E-state index is 10.5. The van der Waals surface area contributed by atoms with Gasteiger partial charge in [-0.05, 0) is 37.5 Å². The van der Waals surface area contributed by atoms with Crippen LogP contribution in [0.15, 0.2) is 30.6 Å². The van der Waals surface area contributed by atoms with E-state index in [1.54, 1.807) is 19.3 Å². The van der Waals surface area contributed by atoms with Gasteiger partial charge in [0.15, 0.2) is 0 Å². The zero-order chi connectivity index (χ0) is 11.8. The van der Waals surface area contributed by atoms with Gasteiger partial charge >= 0.3 is 0 Å². The number of nitrogens with one attached hydrogen (secondary N) is 1. The molecule has 0 amide bonds. The van der Waals surface area contributed by atoms with Crippen LogP contribution < -0.4 is 0 Å². The van der Waals surface area contributed by atoms with Gasteiger partial charge in [-0.1, -0.05) is 18.2 Å². The van der Waals surface area contributed by atoms with Crippen molar-refractivity contribution < 1.29 is 5.11 Å². The van der Waals surface area contributed by atoms with E-state index in [9.17, 15) is 5.11 Å². The number of aryl methyl sites for hydroxylation is 2. The van der Waals surface area contributed by atoms with Gasteiger partial charge in [-0.15, -0.1) is 0 Å². The Balaban J connectivity index is 2.47. The van der Waals surface area contributed by atoms with Gasteiger partial charge in [0.05, 0.1) is 0 Å². The first kappa shape index (κ1) is 10.9. The van der Waals surface area contributed by atoms with E-state index in [4.69, 9.17) is 0 Å². The van der Waals surface area contributed by atoms with Gasteiger partial charge in [0, 0.05) is 12.4 Å². The van der Waals surface area contributed by atoms with Crippen LogP contribution >= 0.6 is 0 Å². The van der Waals surface area contributed by atoms with Crippen molar-refractivity contribution >= 4 is 0 Å². The fraction of sp³-hybridized carbons (Fsp3) is 0.308. The minimum atomic E-state index is -1.07. The van der Waals surface area contributed by atoms with Crippen molar-refractivity contribution in [1.82, 2.24) is 9.97 Å². The van der Waals surface area contributed by atoms with Crippen molar-refractivity contribution in [3.05, 3.63) is 53.1 Å². The molecule has 0 aliphatic heterocycles. The molecule has 2 aromatic rings. The Morgan fingerprint density at radius 1 is 1.25 bits per heavy atom. The molecule has 1 aromatic heterocycles. The van der Waals surface area contributed by atoms with Crippen molar-refractivity contribution in [2.75, 3.05) is 0 Å². The van der Waals surface area contributed by atoms with Crippen LogP contribution in [0, 0.1) is 13.8 Å². The Kier molecular flexibility index (Phi) is 2.56. The minimum absolute atomic E-state index is 0.566. The zero-order valence-corrected chi connectivity index (χ0v) is 9.78. The van der Waals surface area contributed by atoms with Crippen molar-refractivity contribution in [3.8, 4) is 0 Å². The number of benzene rings is 1. The molecule has 0 bridgehead atoms. The van der Waals surface area contributed by atoms with Crippen LogP contribution in [-0.4, -0.2) is 15.1 Å². The molecule has 0 spiro atoms. The van der Waals surface area contributed by atoms with E-state index >= 15 is 0 Å². The first-order valence-electron chi connectivity index (χ1n) is 5.32. The highest BCUT2D eigenvalue weighted by Gasteiger charge is 2.28. The summed E-state index contributed by atoms with van der Waals surface area (Å²) in [5.41, 5.74) is 2.18. The summed E-state index contributed by atoms with van der Waals surface area (Å²) in [7, 11) is 0. The fourth-order valence-electron chi connectivity index (χ4n) is 1.71. The molecule has 2 rings (SSSR count). The number of hydrogen-bond acceptors (Lipinski definition) is 2. The highest BCUT2D eigenvalue weighted by Crippen LogP contribution is 2.27. The molecule has 2 N–H and O–H groups in total. The van der Waals surface area contributed by atoms with Gasteiger partial charge in [-0.3, -0.25) is 0 Å². The number of aromatic nitrogens is 2. The van der Waals surface area contributed by atoms with E-state index in [1.807, 2.05) is 25.1 Å². The predicted molar refractivity (Wildman–Crippen MR) is 63.2 cm³/mol. The second-order valence-corrected chi connectivity index (χ2v) is 4.31. The predicted octanol–water partition coefficient (Wildman–Crippen LogP) is 2.28. The molecule has 3 heteroatoms. The third-order valence-corrected chi connectivity index (χ3v) is 3.03. The standard InChI is InChI=1S/C13H16N2O/c1-9-4-5-11(8-10(9)2)13(3,16)12-14-6-7-15-12/h4-8,16H,1-3H3,(H,14,15)/t13-/m0/s1. The van der Waals surface area contributed by atoms with Gasteiger partial charge in [0.2, 0.25) is 0 Å². The van der Waals surface area contributed by atoms with Crippen LogP contribution in [0.2, 0.25) is 0 Å². The smallest absolute Gasteiger partial charge is 0.144 e. The molecule has 0 unspecified atom stereocenters. The molecular formula is C13H16N2O. The highest BCUT2D eigenvalue weighted by molar-refractivity contribution is 5.35. The molecule has 0 aliphatic rings. The lowest BCUT2D eigenvalue weighted by molar-refractivity contribution is 0.0931. The highest BCUT2D eigenvalue weighted by atomic mass is 16.3. The summed E-state index contributed by atoms with van der Waals surface area (Å²) in [6.45, 7) is 5.84. The molecule has 1 atom stereocenters. The monoisotopic (exact) mass is 216 g/mol. The Morgan fingerprint density at radius 3 is 2.56 bits per heavy atom. The molecule has 0 saturated carbocycles. The summed E-state index contributed by atoms with van der Waals surface area (Å²) in [6, 6.07) is 5.95. The van der Waals surface area contributed by atoms with E-state index < -0.39 is 5.60 Å². The zero-order valence-electron chi connectivity index (χ0n) is 9.78. The Labute approximate surface area is 95.2 Å². The first-order chi connectivity index (χ1) is 7.51.